The van der Waals surface area contributed by atoms with Crippen molar-refractivity contribution >= 4 is 38.0 Å². The van der Waals surface area contributed by atoms with Crippen LogP contribution in [-0.2, 0) is 56.8 Å². The van der Waals surface area contributed by atoms with Crippen LogP contribution in [0.25, 0.3) is 0 Å². The molecule has 0 aromatic heterocycles. The molecule has 1 atom stereocenters. The van der Waals surface area contributed by atoms with Crippen molar-refractivity contribution in [1.82, 2.24) is 0 Å². The van der Waals surface area contributed by atoms with Crippen LogP contribution in [0.2, 0.25) is 19.6 Å². The van der Waals surface area contributed by atoms with E-state index in [2.05, 4.69) is 19.6 Å². The van der Waals surface area contributed by atoms with Gasteiger partial charge >= 0.3 is 23.9 Å². The van der Waals surface area contributed by atoms with E-state index in [0.717, 1.165) is 23.5 Å². The lowest BCUT2D eigenvalue weighted by atomic mass is 10.0. The van der Waals surface area contributed by atoms with Crippen molar-refractivity contribution in [3.05, 3.63) is 65.0 Å². The molecule has 0 bridgehead atoms. The number of benzene rings is 1. The fourth-order valence-electron chi connectivity index (χ4n) is 4.49. The third kappa shape index (κ3) is 27.1. The molecule has 2 heterocycles. The minimum Gasteiger partial charge on any atom is -0.519 e. The van der Waals surface area contributed by atoms with Crippen molar-refractivity contribution in [2.75, 3.05) is 0 Å². The second-order valence-corrected chi connectivity index (χ2v) is 22.3. The molecule has 0 amide bonds. The molecule has 0 spiro atoms. The Kier molecular flexibility index (Phi) is 24.9. The zero-order chi connectivity index (χ0) is 48.2. The van der Waals surface area contributed by atoms with E-state index in [1.807, 2.05) is 79.7 Å². The summed E-state index contributed by atoms with van der Waals surface area (Å²) in [6, 6.07) is 9.06. The smallest absolute Gasteiger partial charge is 0.340 e. The number of carbonyl (C=O) groups is 5. The molecule has 0 N–H and O–H groups in total. The van der Waals surface area contributed by atoms with Gasteiger partial charge in [-0.2, -0.15) is 0 Å². The molecule has 0 fully saturated rings. The lowest BCUT2D eigenvalue weighted by Gasteiger charge is -2.37. The standard InChI is InChI=1S/C12H22O3Si.C10H18O3.C9H14O3.C9H10O2.C7H14O2/c1-8-10-9(2)11(15-16(5,6)7)14-12(3,4)13-10;1-6-8(11)7(2)9(12)13-10(3,4)5;1-5-7-6(2)8(10)12-9(3,4)11-7;1-2-9(10)11-8-6-4-3-5-7-8;1-5-6(8)9-7(2,3)4/h8H,1-7H3;7H,6H2,1-5H3;5H2,1-4H3;3-7H,2H2,1H3;5H2,1-4H3/b10-8-;;;;. The van der Waals surface area contributed by atoms with Crippen LogP contribution in [0.1, 0.15) is 150 Å². The van der Waals surface area contributed by atoms with Crippen molar-refractivity contribution in [3.8, 4) is 5.75 Å². The van der Waals surface area contributed by atoms with Gasteiger partial charge in [-0.05, 0) is 107 Å². The first-order valence-electron chi connectivity index (χ1n) is 21.0. The van der Waals surface area contributed by atoms with Gasteiger partial charge in [0.25, 0.3) is 5.95 Å². The third-order valence-electron chi connectivity index (χ3n) is 7.35. The van der Waals surface area contributed by atoms with Gasteiger partial charge < -0.3 is 37.6 Å². The Morgan fingerprint density at radius 2 is 1.21 bits per heavy atom. The van der Waals surface area contributed by atoms with Gasteiger partial charge in [0.2, 0.25) is 19.9 Å². The van der Waals surface area contributed by atoms with Gasteiger partial charge in [-0.3, -0.25) is 19.2 Å². The number of carbonyl (C=O) groups excluding carboxylic acids is 5. The van der Waals surface area contributed by atoms with Crippen LogP contribution < -0.4 is 4.74 Å². The third-order valence-corrected chi connectivity index (χ3v) is 8.15. The van der Waals surface area contributed by atoms with E-state index in [-0.39, 0.29) is 29.3 Å². The van der Waals surface area contributed by atoms with Gasteiger partial charge in [-0.25, -0.2) is 4.79 Å². The largest absolute Gasteiger partial charge is 0.519 e. The van der Waals surface area contributed by atoms with E-state index in [1.54, 1.807) is 81.4 Å². The second kappa shape index (κ2) is 26.0. The maximum Gasteiger partial charge on any atom is 0.340 e. The molecule has 1 unspecified atom stereocenters. The molecule has 61 heavy (non-hydrogen) atoms. The van der Waals surface area contributed by atoms with Gasteiger partial charge in [0.15, 0.2) is 0 Å². The molecule has 348 valence electrons. The van der Waals surface area contributed by atoms with Gasteiger partial charge in [0, 0.05) is 53.4 Å². The van der Waals surface area contributed by atoms with Crippen LogP contribution in [0.15, 0.2) is 65.0 Å². The molecule has 3 rings (SSSR count). The number of para-hydroxylation sites is 1. The molecule has 0 saturated heterocycles. The summed E-state index contributed by atoms with van der Waals surface area (Å²) in [5, 5.41) is 0. The predicted octanol–water partition coefficient (Wildman–Crippen LogP) is 11.4. The van der Waals surface area contributed by atoms with E-state index in [1.165, 1.54) is 0 Å². The summed E-state index contributed by atoms with van der Waals surface area (Å²) < 4.78 is 42.7. The number of ether oxygens (including phenoxy) is 7. The minimum absolute atomic E-state index is 0.0748. The van der Waals surface area contributed by atoms with Crippen LogP contribution in [0.5, 0.6) is 5.75 Å². The van der Waals surface area contributed by atoms with Crippen molar-refractivity contribution in [2.45, 2.75) is 193 Å². The molecular formula is C47H78O13Si. The Morgan fingerprint density at radius 3 is 1.61 bits per heavy atom. The summed E-state index contributed by atoms with van der Waals surface area (Å²) in [4.78, 5) is 55.0. The molecule has 14 heteroatoms. The highest BCUT2D eigenvalue weighted by atomic mass is 28.4. The summed E-state index contributed by atoms with van der Waals surface area (Å²) in [6.45, 7) is 39.0. The molecule has 0 radical (unpaired) electrons. The lowest BCUT2D eigenvalue weighted by molar-refractivity contribution is -0.208. The number of rotatable bonds is 9. The first-order chi connectivity index (χ1) is 27.7. The molecule has 2 aliphatic rings. The fourth-order valence-corrected chi connectivity index (χ4v) is 5.24. The summed E-state index contributed by atoms with van der Waals surface area (Å²) >= 11 is 0. The first-order valence-corrected chi connectivity index (χ1v) is 24.4. The van der Waals surface area contributed by atoms with E-state index >= 15 is 0 Å². The molecule has 1 aromatic rings. The summed E-state index contributed by atoms with van der Waals surface area (Å²) in [5.41, 5.74) is 0.674. The Bertz CT molecular complexity index is 1670. The van der Waals surface area contributed by atoms with Crippen molar-refractivity contribution in [3.63, 3.8) is 0 Å². The average Bonchev–Trinajstić information content (AvgIpc) is 3.12. The average molecular weight is 879 g/mol. The van der Waals surface area contributed by atoms with Crippen molar-refractivity contribution in [1.29, 1.82) is 0 Å². The highest BCUT2D eigenvalue weighted by Crippen LogP contribution is 2.34. The molecule has 13 nitrogen and oxygen atoms in total. The molecule has 1 aromatic carbocycles. The molecule has 2 aliphatic heterocycles. The fraction of sp³-hybridized carbons (Fsp3) is 0.638. The number of ketones is 1. The summed E-state index contributed by atoms with van der Waals surface area (Å²) in [6.07, 6.45) is 3.91. The van der Waals surface area contributed by atoms with Gasteiger partial charge in [0.1, 0.15) is 40.2 Å². The minimum atomic E-state index is -1.66. The van der Waals surface area contributed by atoms with Crippen LogP contribution in [0, 0.1) is 5.92 Å². The van der Waals surface area contributed by atoms with Gasteiger partial charge in [-0.15, -0.1) is 0 Å². The molecular weight excluding hydrogens is 801 g/mol. The zero-order valence-corrected chi connectivity index (χ0v) is 42.2. The van der Waals surface area contributed by atoms with E-state index in [0.29, 0.717) is 36.5 Å². The van der Waals surface area contributed by atoms with Crippen molar-refractivity contribution < 1.29 is 61.6 Å². The summed E-state index contributed by atoms with van der Waals surface area (Å²) in [5.74, 6) is -0.415. The SMILES string of the molecule is C/C=C1\OC(C)(C)OC(O[Si](C)(C)C)=C1C.CCC(=O)C(C)C(=O)OC(C)(C)C.CCC(=O)OC(C)(C)C.CCC(=O)Oc1ccccc1.CCC1=C(C)C(=O)OC(C)(C)O1. The highest BCUT2D eigenvalue weighted by Gasteiger charge is 2.35. The number of hydrogen-bond donors (Lipinski definition) is 0. The highest BCUT2D eigenvalue weighted by molar-refractivity contribution is 6.70. The van der Waals surface area contributed by atoms with E-state index < -0.39 is 37.4 Å². The van der Waals surface area contributed by atoms with E-state index in [4.69, 9.17) is 37.6 Å². The Labute approximate surface area is 368 Å². The maximum absolute atomic E-state index is 11.3. The first kappa shape index (κ1) is 58.5. The number of esters is 4. The number of Topliss-reactive ketones (excluding diaryl/α,β-unsaturated/α-hetero) is 1. The second-order valence-electron chi connectivity index (χ2n) is 17.8. The van der Waals surface area contributed by atoms with Crippen LogP contribution >= 0.6 is 0 Å². The number of allylic oxidation sites excluding steroid dienone is 3. The summed E-state index contributed by atoms with van der Waals surface area (Å²) in [7, 11) is -1.66. The van der Waals surface area contributed by atoms with Crippen LogP contribution in [0.4, 0.5) is 0 Å². The quantitative estimate of drug-likeness (QED) is 0.0759. The lowest BCUT2D eigenvalue weighted by Crippen LogP contribution is -2.36. The molecule has 0 saturated carbocycles. The number of hydrogen-bond acceptors (Lipinski definition) is 13. The van der Waals surface area contributed by atoms with Crippen LogP contribution in [-0.4, -0.2) is 60.8 Å². The Hall–Kier alpha value is -4.59. The Balaban J connectivity index is 0. The van der Waals surface area contributed by atoms with Gasteiger partial charge in [-0.1, -0.05) is 45.9 Å². The van der Waals surface area contributed by atoms with Gasteiger partial charge in [0.05, 0.1) is 11.1 Å². The Morgan fingerprint density at radius 1 is 0.721 bits per heavy atom. The zero-order valence-electron chi connectivity index (χ0n) is 41.2. The molecule has 0 aliphatic carbocycles. The normalized spacial score (nSPS) is 16.5. The maximum atomic E-state index is 11.3. The van der Waals surface area contributed by atoms with Crippen LogP contribution in [0.3, 0.4) is 0 Å². The van der Waals surface area contributed by atoms with E-state index in [9.17, 15) is 24.0 Å². The topological polar surface area (TPSA) is 159 Å². The number of cyclic esters (lactones) is 1. The monoisotopic (exact) mass is 879 g/mol. The predicted molar refractivity (Wildman–Crippen MR) is 240 cm³/mol. The van der Waals surface area contributed by atoms with Crippen molar-refractivity contribution in [2.24, 2.45) is 5.92 Å².